The first-order valence-electron chi connectivity index (χ1n) is 8.86. The van der Waals surface area contributed by atoms with Crippen molar-refractivity contribution >= 4 is 29.2 Å². The van der Waals surface area contributed by atoms with E-state index in [1.54, 1.807) is 31.2 Å². The molecule has 1 N–H and O–H groups in total. The first-order valence-corrected chi connectivity index (χ1v) is 8.86. The number of para-hydroxylation sites is 2. The van der Waals surface area contributed by atoms with Gasteiger partial charge in [0.15, 0.2) is 6.61 Å². The second-order valence-electron chi connectivity index (χ2n) is 6.75. The molecule has 1 aliphatic rings. The number of nitrogens with one attached hydrogen (secondary N) is 1. The molecule has 0 fully saturated rings. The van der Waals surface area contributed by atoms with Crippen LogP contribution in [-0.4, -0.2) is 35.0 Å². The van der Waals surface area contributed by atoms with Crippen LogP contribution in [0.15, 0.2) is 36.4 Å². The predicted molar refractivity (Wildman–Crippen MR) is 102 cm³/mol. The zero-order valence-corrected chi connectivity index (χ0v) is 15.7. The maximum atomic E-state index is 12.8. The van der Waals surface area contributed by atoms with Crippen LogP contribution >= 0.6 is 0 Å². The summed E-state index contributed by atoms with van der Waals surface area (Å²) >= 11 is 0. The van der Waals surface area contributed by atoms with Gasteiger partial charge in [0.1, 0.15) is 6.54 Å². The van der Waals surface area contributed by atoms with Crippen LogP contribution in [0, 0.1) is 13.8 Å². The maximum absolute atomic E-state index is 12.8. The van der Waals surface area contributed by atoms with E-state index in [4.69, 9.17) is 4.74 Å². The van der Waals surface area contributed by atoms with Crippen molar-refractivity contribution in [3.8, 4) is 0 Å². The molecular formula is C20H23N3O4. The van der Waals surface area contributed by atoms with E-state index in [0.29, 0.717) is 11.4 Å². The predicted octanol–water partition coefficient (Wildman–Crippen LogP) is 2.41. The highest BCUT2D eigenvalue weighted by Gasteiger charge is 2.30. The summed E-state index contributed by atoms with van der Waals surface area (Å²) in [6.45, 7) is 5.31. The molecular weight excluding hydrogens is 346 g/mol. The lowest BCUT2D eigenvalue weighted by Gasteiger charge is -2.27. The number of amides is 2. The molecule has 2 heterocycles. The molecule has 0 aliphatic carbocycles. The Balaban J connectivity index is 1.70. The SMILES string of the molecule is Cc1ccc(C)n1CC(=O)OCC(=O)N1c2ccccc2NC(=O)CC1C. The van der Waals surface area contributed by atoms with Crippen LogP contribution in [0.25, 0.3) is 0 Å². The molecule has 2 amide bonds. The van der Waals surface area contributed by atoms with Gasteiger partial charge in [0.05, 0.1) is 11.4 Å². The van der Waals surface area contributed by atoms with E-state index in [1.807, 2.05) is 30.5 Å². The van der Waals surface area contributed by atoms with E-state index >= 15 is 0 Å². The minimum atomic E-state index is -0.476. The zero-order valence-electron chi connectivity index (χ0n) is 15.7. The Morgan fingerprint density at radius 1 is 1.15 bits per heavy atom. The van der Waals surface area contributed by atoms with E-state index in [9.17, 15) is 14.4 Å². The number of carbonyl (C=O) groups is 3. The monoisotopic (exact) mass is 369 g/mol. The zero-order chi connectivity index (χ0) is 19.6. The lowest BCUT2D eigenvalue weighted by Crippen LogP contribution is -2.41. The normalized spacial score (nSPS) is 16.3. The molecule has 0 bridgehead atoms. The molecule has 1 atom stereocenters. The number of aromatic nitrogens is 1. The second-order valence-corrected chi connectivity index (χ2v) is 6.75. The Kier molecular flexibility index (Phi) is 5.30. The van der Waals surface area contributed by atoms with Gasteiger partial charge in [-0.2, -0.15) is 0 Å². The van der Waals surface area contributed by atoms with Crippen LogP contribution in [0.3, 0.4) is 0 Å². The van der Waals surface area contributed by atoms with Crippen molar-refractivity contribution in [1.29, 1.82) is 0 Å². The number of anilines is 2. The van der Waals surface area contributed by atoms with Gasteiger partial charge in [0, 0.05) is 23.9 Å². The first kappa shape index (κ1) is 18.7. The quantitative estimate of drug-likeness (QED) is 0.840. The van der Waals surface area contributed by atoms with Crippen molar-refractivity contribution in [2.24, 2.45) is 0 Å². The number of aryl methyl sites for hydroxylation is 2. The number of nitrogens with zero attached hydrogens (tertiary/aromatic N) is 2. The number of fused-ring (bicyclic) bond motifs is 1. The van der Waals surface area contributed by atoms with Gasteiger partial charge >= 0.3 is 5.97 Å². The lowest BCUT2D eigenvalue weighted by atomic mass is 10.1. The largest absolute Gasteiger partial charge is 0.454 e. The van der Waals surface area contributed by atoms with Crippen molar-refractivity contribution in [3.63, 3.8) is 0 Å². The molecule has 1 aromatic carbocycles. The van der Waals surface area contributed by atoms with Crippen LogP contribution < -0.4 is 10.2 Å². The van der Waals surface area contributed by atoms with Crippen molar-refractivity contribution in [2.75, 3.05) is 16.8 Å². The number of hydrogen-bond donors (Lipinski definition) is 1. The van der Waals surface area contributed by atoms with Gasteiger partial charge < -0.3 is 19.5 Å². The van der Waals surface area contributed by atoms with E-state index in [-0.39, 0.29) is 37.4 Å². The summed E-state index contributed by atoms with van der Waals surface area (Å²) < 4.78 is 7.05. The maximum Gasteiger partial charge on any atom is 0.326 e. The molecule has 7 nitrogen and oxygen atoms in total. The molecule has 27 heavy (non-hydrogen) atoms. The average Bonchev–Trinajstić information content (AvgIpc) is 2.86. The fourth-order valence-electron chi connectivity index (χ4n) is 3.30. The molecule has 2 aromatic rings. The third kappa shape index (κ3) is 4.02. The molecule has 7 heteroatoms. The fourth-order valence-corrected chi connectivity index (χ4v) is 3.30. The van der Waals surface area contributed by atoms with Gasteiger partial charge in [-0.15, -0.1) is 0 Å². The number of esters is 1. The van der Waals surface area contributed by atoms with Crippen LogP contribution in [-0.2, 0) is 25.7 Å². The molecule has 1 aliphatic heterocycles. The van der Waals surface area contributed by atoms with Crippen molar-refractivity contribution < 1.29 is 19.1 Å². The molecule has 1 aromatic heterocycles. The van der Waals surface area contributed by atoms with E-state index in [2.05, 4.69) is 5.32 Å². The Morgan fingerprint density at radius 3 is 2.52 bits per heavy atom. The van der Waals surface area contributed by atoms with Gasteiger partial charge in [-0.1, -0.05) is 12.1 Å². The van der Waals surface area contributed by atoms with Gasteiger partial charge in [0.25, 0.3) is 5.91 Å². The van der Waals surface area contributed by atoms with Crippen molar-refractivity contribution in [1.82, 2.24) is 4.57 Å². The molecule has 0 saturated heterocycles. The minimum absolute atomic E-state index is 0.0597. The van der Waals surface area contributed by atoms with E-state index < -0.39 is 5.97 Å². The Labute approximate surface area is 157 Å². The van der Waals surface area contributed by atoms with Gasteiger partial charge in [-0.25, -0.2) is 0 Å². The Bertz CT molecular complexity index is 868. The second kappa shape index (κ2) is 7.65. The fraction of sp³-hybridized carbons (Fsp3) is 0.350. The summed E-state index contributed by atoms with van der Waals surface area (Å²) in [6, 6.07) is 10.6. The molecule has 0 spiro atoms. The molecule has 142 valence electrons. The average molecular weight is 369 g/mol. The number of rotatable bonds is 4. The highest BCUT2D eigenvalue weighted by molar-refractivity contribution is 6.05. The number of carbonyl (C=O) groups excluding carboxylic acids is 3. The van der Waals surface area contributed by atoms with Crippen molar-refractivity contribution in [2.45, 2.75) is 39.8 Å². The summed E-state index contributed by atoms with van der Waals surface area (Å²) in [4.78, 5) is 38.5. The van der Waals surface area contributed by atoms with Crippen LogP contribution in [0.4, 0.5) is 11.4 Å². The van der Waals surface area contributed by atoms with E-state index in [1.165, 1.54) is 4.90 Å². The van der Waals surface area contributed by atoms with Crippen LogP contribution in [0.2, 0.25) is 0 Å². The topological polar surface area (TPSA) is 80.6 Å². The lowest BCUT2D eigenvalue weighted by molar-refractivity contribution is -0.148. The number of benzene rings is 1. The first-order chi connectivity index (χ1) is 12.9. The van der Waals surface area contributed by atoms with Crippen molar-refractivity contribution in [3.05, 3.63) is 47.8 Å². The highest BCUT2D eigenvalue weighted by atomic mass is 16.5. The summed E-state index contributed by atoms with van der Waals surface area (Å²) in [5, 5.41) is 2.80. The Hall–Kier alpha value is -3.09. The van der Waals surface area contributed by atoms with Crippen LogP contribution in [0.5, 0.6) is 0 Å². The number of ether oxygens (including phenoxy) is 1. The minimum Gasteiger partial charge on any atom is -0.454 e. The highest BCUT2D eigenvalue weighted by Crippen LogP contribution is 2.31. The molecule has 3 rings (SSSR count). The summed E-state index contributed by atoms with van der Waals surface area (Å²) in [7, 11) is 0. The third-order valence-corrected chi connectivity index (χ3v) is 4.69. The van der Waals surface area contributed by atoms with Crippen LogP contribution in [0.1, 0.15) is 24.7 Å². The van der Waals surface area contributed by atoms with E-state index in [0.717, 1.165) is 11.4 Å². The molecule has 0 radical (unpaired) electrons. The summed E-state index contributed by atoms with van der Waals surface area (Å²) in [5.41, 5.74) is 3.09. The summed E-state index contributed by atoms with van der Waals surface area (Å²) in [6.07, 6.45) is 0.177. The summed E-state index contributed by atoms with van der Waals surface area (Å²) in [5.74, 6) is -0.989. The molecule has 0 saturated carbocycles. The Morgan fingerprint density at radius 2 is 1.81 bits per heavy atom. The van der Waals surface area contributed by atoms with Gasteiger partial charge in [0.2, 0.25) is 5.91 Å². The molecule has 1 unspecified atom stereocenters. The standard InChI is InChI=1S/C20H23N3O4/c1-13-8-9-14(2)22(13)11-20(26)27-12-19(25)23-15(3)10-18(24)21-16-6-4-5-7-17(16)23/h4-9,15H,10-12H2,1-3H3,(H,21,24). The smallest absolute Gasteiger partial charge is 0.326 e. The van der Waals surface area contributed by atoms with Gasteiger partial charge in [-0.05, 0) is 45.0 Å². The third-order valence-electron chi connectivity index (χ3n) is 4.69. The van der Waals surface area contributed by atoms with Gasteiger partial charge in [-0.3, -0.25) is 14.4 Å². The number of hydrogen-bond acceptors (Lipinski definition) is 4.